The van der Waals surface area contributed by atoms with Crippen molar-refractivity contribution in [2.75, 3.05) is 25.1 Å². The fraction of sp³-hybridized carbons (Fsp3) is 0.545. The van der Waals surface area contributed by atoms with Gasteiger partial charge in [0.05, 0.1) is 13.2 Å². The van der Waals surface area contributed by atoms with Gasteiger partial charge in [0.15, 0.2) is 0 Å². The van der Waals surface area contributed by atoms with Crippen molar-refractivity contribution in [3.8, 4) is 5.75 Å². The van der Waals surface area contributed by atoms with Crippen LogP contribution in [0.1, 0.15) is 19.3 Å². The summed E-state index contributed by atoms with van der Waals surface area (Å²) in [5.74, 6) is 1.19. The van der Waals surface area contributed by atoms with Crippen LogP contribution in [0.15, 0.2) is 21.3 Å². The monoisotopic (exact) mass is 209 g/mol. The summed E-state index contributed by atoms with van der Waals surface area (Å²) >= 11 is 0. The second-order valence-corrected chi connectivity index (χ2v) is 3.70. The fourth-order valence-corrected chi connectivity index (χ4v) is 1.83. The Labute approximate surface area is 88.5 Å². The molecule has 0 saturated carbocycles. The van der Waals surface area contributed by atoms with Gasteiger partial charge < -0.3 is 14.1 Å². The minimum Gasteiger partial charge on any atom is -0.496 e. The molecule has 4 heteroatoms. The van der Waals surface area contributed by atoms with Crippen molar-refractivity contribution < 1.29 is 9.15 Å². The predicted molar refractivity (Wildman–Crippen MR) is 57.6 cm³/mol. The van der Waals surface area contributed by atoms with E-state index in [2.05, 4.69) is 4.90 Å². The third-order valence-corrected chi connectivity index (χ3v) is 2.63. The SMILES string of the molecule is COc1cc(N2CCCCC2)oc(=O)c1. The average molecular weight is 209 g/mol. The topological polar surface area (TPSA) is 42.7 Å². The van der Waals surface area contributed by atoms with Crippen molar-refractivity contribution in [2.24, 2.45) is 0 Å². The Morgan fingerprint density at radius 2 is 2.00 bits per heavy atom. The van der Waals surface area contributed by atoms with Crippen LogP contribution in [0.5, 0.6) is 5.75 Å². The maximum Gasteiger partial charge on any atom is 0.341 e. The first-order valence-electron chi connectivity index (χ1n) is 5.24. The summed E-state index contributed by atoms with van der Waals surface area (Å²) in [7, 11) is 1.55. The van der Waals surface area contributed by atoms with Gasteiger partial charge in [-0.1, -0.05) is 0 Å². The van der Waals surface area contributed by atoms with Crippen LogP contribution >= 0.6 is 0 Å². The molecule has 0 spiro atoms. The average Bonchev–Trinajstić information content (AvgIpc) is 2.29. The van der Waals surface area contributed by atoms with E-state index in [1.807, 2.05) is 0 Å². The van der Waals surface area contributed by atoms with Crippen LogP contribution in [0.25, 0.3) is 0 Å². The molecule has 1 aromatic heterocycles. The number of hydrogen-bond donors (Lipinski definition) is 0. The first kappa shape index (κ1) is 10.1. The van der Waals surface area contributed by atoms with Crippen molar-refractivity contribution in [1.82, 2.24) is 0 Å². The van der Waals surface area contributed by atoms with Crippen molar-refractivity contribution in [3.63, 3.8) is 0 Å². The molecule has 0 N–H and O–H groups in total. The van der Waals surface area contributed by atoms with Crippen LogP contribution in [-0.4, -0.2) is 20.2 Å². The zero-order valence-corrected chi connectivity index (χ0v) is 8.86. The lowest BCUT2D eigenvalue weighted by Gasteiger charge is -2.26. The Morgan fingerprint density at radius 1 is 1.27 bits per heavy atom. The normalized spacial score (nSPS) is 16.5. The van der Waals surface area contributed by atoms with Crippen molar-refractivity contribution in [3.05, 3.63) is 22.6 Å². The number of ether oxygens (including phenoxy) is 1. The van der Waals surface area contributed by atoms with Gasteiger partial charge in [0.1, 0.15) is 5.75 Å². The summed E-state index contributed by atoms with van der Waals surface area (Å²) < 4.78 is 10.2. The molecule has 0 bridgehead atoms. The van der Waals surface area contributed by atoms with Crippen LogP contribution in [-0.2, 0) is 0 Å². The van der Waals surface area contributed by atoms with Crippen LogP contribution in [0.3, 0.4) is 0 Å². The number of methoxy groups -OCH3 is 1. The van der Waals surface area contributed by atoms with Gasteiger partial charge >= 0.3 is 5.63 Å². The Hall–Kier alpha value is -1.45. The smallest absolute Gasteiger partial charge is 0.341 e. The molecule has 1 aromatic rings. The van der Waals surface area contributed by atoms with Gasteiger partial charge in [-0.05, 0) is 19.3 Å². The van der Waals surface area contributed by atoms with Crippen LogP contribution in [0.2, 0.25) is 0 Å². The maximum atomic E-state index is 11.2. The maximum absolute atomic E-state index is 11.2. The highest BCUT2D eigenvalue weighted by Gasteiger charge is 2.14. The van der Waals surface area contributed by atoms with Crippen LogP contribution < -0.4 is 15.3 Å². The van der Waals surface area contributed by atoms with Crippen molar-refractivity contribution in [2.45, 2.75) is 19.3 Å². The molecule has 15 heavy (non-hydrogen) atoms. The Kier molecular flexibility index (Phi) is 2.94. The molecule has 1 aliphatic heterocycles. The minimum absolute atomic E-state index is 0.352. The minimum atomic E-state index is -0.352. The van der Waals surface area contributed by atoms with E-state index in [4.69, 9.17) is 9.15 Å². The largest absolute Gasteiger partial charge is 0.496 e. The van der Waals surface area contributed by atoms with Crippen LogP contribution in [0.4, 0.5) is 5.88 Å². The number of nitrogens with zero attached hydrogens (tertiary/aromatic N) is 1. The van der Waals surface area contributed by atoms with Gasteiger partial charge in [0.25, 0.3) is 0 Å². The number of anilines is 1. The molecule has 1 saturated heterocycles. The molecule has 82 valence electrons. The summed E-state index contributed by atoms with van der Waals surface area (Å²) in [5.41, 5.74) is -0.352. The summed E-state index contributed by atoms with van der Waals surface area (Å²) in [5, 5.41) is 0. The summed E-state index contributed by atoms with van der Waals surface area (Å²) in [6.45, 7) is 1.91. The van der Waals surface area contributed by atoms with E-state index in [9.17, 15) is 4.79 Å². The molecule has 0 amide bonds. The van der Waals surface area contributed by atoms with E-state index in [1.54, 1.807) is 13.2 Å². The molecule has 1 aliphatic rings. The highest BCUT2D eigenvalue weighted by Crippen LogP contribution is 2.21. The first-order valence-corrected chi connectivity index (χ1v) is 5.24. The number of rotatable bonds is 2. The first-order chi connectivity index (χ1) is 7.29. The van der Waals surface area contributed by atoms with Gasteiger partial charge in [-0.2, -0.15) is 0 Å². The number of piperidine rings is 1. The third-order valence-electron chi connectivity index (χ3n) is 2.63. The predicted octanol–water partition coefficient (Wildman–Crippen LogP) is 1.64. The van der Waals surface area contributed by atoms with Gasteiger partial charge in [-0.15, -0.1) is 0 Å². The molecule has 0 aliphatic carbocycles. The van der Waals surface area contributed by atoms with E-state index >= 15 is 0 Å². The van der Waals surface area contributed by atoms with Gasteiger partial charge in [-0.25, -0.2) is 4.79 Å². The Balaban J connectivity index is 2.26. The Morgan fingerprint density at radius 3 is 2.67 bits per heavy atom. The molecule has 0 radical (unpaired) electrons. The zero-order valence-electron chi connectivity index (χ0n) is 8.86. The molecule has 1 fully saturated rings. The summed E-state index contributed by atoms with van der Waals surface area (Å²) in [4.78, 5) is 13.3. The van der Waals surface area contributed by atoms with Gasteiger partial charge in [0.2, 0.25) is 5.88 Å². The standard InChI is InChI=1S/C11H15NO3/c1-14-9-7-10(15-11(13)8-9)12-5-3-2-4-6-12/h7-8H,2-6H2,1H3. The summed E-state index contributed by atoms with van der Waals surface area (Å²) in [6.07, 6.45) is 3.56. The van der Waals surface area contributed by atoms with Gasteiger partial charge in [0, 0.05) is 19.2 Å². The molecule has 2 heterocycles. The second kappa shape index (κ2) is 4.38. The Bertz CT molecular complexity index is 380. The second-order valence-electron chi connectivity index (χ2n) is 3.70. The molecule has 0 atom stereocenters. The fourth-order valence-electron chi connectivity index (χ4n) is 1.83. The van der Waals surface area contributed by atoms with E-state index < -0.39 is 0 Å². The van der Waals surface area contributed by atoms with Crippen LogP contribution in [0, 0.1) is 0 Å². The molecular formula is C11H15NO3. The molecular weight excluding hydrogens is 194 g/mol. The molecule has 0 aromatic carbocycles. The van der Waals surface area contributed by atoms with Crippen molar-refractivity contribution >= 4 is 5.88 Å². The highest BCUT2D eigenvalue weighted by atomic mass is 16.5. The van der Waals surface area contributed by atoms with E-state index in [-0.39, 0.29) is 5.63 Å². The third kappa shape index (κ3) is 2.32. The lowest BCUT2D eigenvalue weighted by atomic mass is 10.1. The van der Waals surface area contributed by atoms with E-state index in [1.165, 1.54) is 12.5 Å². The highest BCUT2D eigenvalue weighted by molar-refractivity contribution is 5.40. The van der Waals surface area contributed by atoms with E-state index in [0.29, 0.717) is 11.6 Å². The number of hydrogen-bond acceptors (Lipinski definition) is 4. The summed E-state index contributed by atoms with van der Waals surface area (Å²) in [6, 6.07) is 3.13. The lowest BCUT2D eigenvalue weighted by Crippen LogP contribution is -2.30. The molecule has 4 nitrogen and oxygen atoms in total. The van der Waals surface area contributed by atoms with Crippen molar-refractivity contribution in [1.29, 1.82) is 0 Å². The van der Waals surface area contributed by atoms with Gasteiger partial charge in [-0.3, -0.25) is 0 Å². The van der Waals surface area contributed by atoms with E-state index in [0.717, 1.165) is 25.9 Å². The zero-order chi connectivity index (χ0) is 10.7. The lowest BCUT2D eigenvalue weighted by molar-refractivity contribution is 0.399. The quantitative estimate of drug-likeness (QED) is 0.742. The molecule has 2 rings (SSSR count). The molecule has 0 unspecified atom stereocenters.